The number of rotatable bonds is 7. The quantitative estimate of drug-likeness (QED) is 0.577. The average Bonchev–Trinajstić information content (AvgIpc) is 3.58. The fourth-order valence-corrected chi connectivity index (χ4v) is 6.82. The van der Waals surface area contributed by atoms with Gasteiger partial charge in [-0.3, -0.25) is 4.79 Å². The van der Waals surface area contributed by atoms with E-state index < -0.39 is 12.0 Å². The van der Waals surface area contributed by atoms with Gasteiger partial charge in [-0.05, 0) is 60.6 Å². The van der Waals surface area contributed by atoms with Gasteiger partial charge < -0.3 is 19.7 Å². The highest BCUT2D eigenvalue weighted by atomic mass is 32.2. The lowest BCUT2D eigenvalue weighted by atomic mass is 9.92. The normalized spacial score (nSPS) is 27.3. The van der Waals surface area contributed by atoms with Crippen LogP contribution in [0.4, 0.5) is 0 Å². The summed E-state index contributed by atoms with van der Waals surface area (Å²) in [6, 6.07) is 7.54. The van der Waals surface area contributed by atoms with Gasteiger partial charge in [0.05, 0.1) is 38.0 Å². The minimum atomic E-state index is -0.443. The number of hydrogen-bond donors (Lipinski definition) is 1. The van der Waals surface area contributed by atoms with E-state index in [9.17, 15) is 9.59 Å². The van der Waals surface area contributed by atoms with E-state index in [-0.39, 0.29) is 12.3 Å². The molecule has 2 fully saturated rings. The highest BCUT2D eigenvalue weighted by Crippen LogP contribution is 2.47. The SMILES string of the molecule is CCC1=C(C(=O)OC)C(c2cccc(OC)c2)N2C(CC(=O)NC3CC4CCC3C4)=CSC2=N1. The third-order valence-electron chi connectivity index (χ3n) is 7.46. The molecule has 180 valence electrons. The smallest absolute Gasteiger partial charge is 0.338 e. The van der Waals surface area contributed by atoms with E-state index in [1.165, 1.54) is 38.1 Å². The maximum absolute atomic E-state index is 13.1. The third kappa shape index (κ3) is 4.13. The maximum atomic E-state index is 13.1. The van der Waals surface area contributed by atoms with Crippen LogP contribution in [-0.4, -0.2) is 42.2 Å². The van der Waals surface area contributed by atoms with Crippen LogP contribution in [0.2, 0.25) is 0 Å². The highest BCUT2D eigenvalue weighted by molar-refractivity contribution is 8.16. The predicted molar refractivity (Wildman–Crippen MR) is 132 cm³/mol. The van der Waals surface area contributed by atoms with Crippen molar-refractivity contribution >= 4 is 28.8 Å². The first-order chi connectivity index (χ1) is 16.5. The van der Waals surface area contributed by atoms with Gasteiger partial charge in [0.2, 0.25) is 5.91 Å². The molecule has 1 amide bonds. The molecule has 2 aliphatic heterocycles. The molecule has 2 aliphatic carbocycles. The van der Waals surface area contributed by atoms with E-state index in [0.717, 1.165) is 28.8 Å². The molecule has 5 rings (SSSR count). The summed E-state index contributed by atoms with van der Waals surface area (Å²) in [4.78, 5) is 32.9. The van der Waals surface area contributed by atoms with Crippen molar-refractivity contribution in [2.24, 2.45) is 16.8 Å². The highest BCUT2D eigenvalue weighted by Gasteiger charge is 2.43. The molecule has 2 bridgehead atoms. The Morgan fingerprint density at radius 3 is 2.76 bits per heavy atom. The number of benzene rings is 1. The zero-order chi connectivity index (χ0) is 23.8. The Bertz CT molecular complexity index is 1100. The topological polar surface area (TPSA) is 80.2 Å². The van der Waals surface area contributed by atoms with Gasteiger partial charge in [-0.25, -0.2) is 9.79 Å². The summed E-state index contributed by atoms with van der Waals surface area (Å²) in [5.74, 6) is 1.72. The molecule has 8 heteroatoms. The Morgan fingerprint density at radius 1 is 1.24 bits per heavy atom. The van der Waals surface area contributed by atoms with Gasteiger partial charge in [0.25, 0.3) is 0 Å². The minimum absolute atomic E-state index is 0.0277. The second-order valence-corrected chi connectivity index (χ2v) is 10.2. The molecule has 1 aromatic rings. The summed E-state index contributed by atoms with van der Waals surface area (Å²) >= 11 is 1.50. The fourth-order valence-electron chi connectivity index (χ4n) is 5.88. The van der Waals surface area contributed by atoms with Gasteiger partial charge in [-0.1, -0.05) is 37.2 Å². The van der Waals surface area contributed by atoms with E-state index in [1.54, 1.807) is 7.11 Å². The van der Waals surface area contributed by atoms with Crippen molar-refractivity contribution < 1.29 is 19.1 Å². The van der Waals surface area contributed by atoms with Crippen molar-refractivity contribution in [3.63, 3.8) is 0 Å². The molecule has 4 atom stereocenters. The van der Waals surface area contributed by atoms with Crippen LogP contribution >= 0.6 is 11.8 Å². The summed E-state index contributed by atoms with van der Waals surface area (Å²) in [7, 11) is 3.02. The molecule has 0 radical (unpaired) electrons. The van der Waals surface area contributed by atoms with Crippen LogP contribution in [0.15, 0.2) is 51.6 Å². The maximum Gasteiger partial charge on any atom is 0.338 e. The van der Waals surface area contributed by atoms with Crippen molar-refractivity contribution in [3.8, 4) is 5.75 Å². The lowest BCUT2D eigenvalue weighted by molar-refractivity contribution is -0.136. The van der Waals surface area contributed by atoms with E-state index in [4.69, 9.17) is 14.5 Å². The number of methoxy groups -OCH3 is 2. The molecule has 1 N–H and O–H groups in total. The molecule has 4 unspecified atom stereocenters. The van der Waals surface area contributed by atoms with E-state index in [0.29, 0.717) is 35.4 Å². The van der Waals surface area contributed by atoms with Crippen LogP contribution < -0.4 is 10.1 Å². The molecule has 1 aromatic carbocycles. The predicted octanol–water partition coefficient (Wildman–Crippen LogP) is 4.53. The van der Waals surface area contributed by atoms with Gasteiger partial charge in [0.1, 0.15) is 5.75 Å². The molecule has 4 aliphatic rings. The van der Waals surface area contributed by atoms with E-state index in [1.807, 2.05) is 41.5 Å². The number of ether oxygens (including phenoxy) is 2. The van der Waals surface area contributed by atoms with Crippen LogP contribution in [0.5, 0.6) is 5.75 Å². The Hall–Kier alpha value is -2.74. The lowest BCUT2D eigenvalue weighted by Crippen LogP contribution is -2.41. The van der Waals surface area contributed by atoms with Gasteiger partial charge in [-0.2, -0.15) is 0 Å². The molecule has 2 saturated carbocycles. The molecule has 0 saturated heterocycles. The molecular formula is C26H31N3O4S. The van der Waals surface area contributed by atoms with Crippen molar-refractivity contribution in [1.29, 1.82) is 0 Å². The number of hydrogen-bond acceptors (Lipinski definition) is 7. The van der Waals surface area contributed by atoms with Crippen LogP contribution in [0, 0.1) is 11.8 Å². The minimum Gasteiger partial charge on any atom is -0.497 e. The molecule has 2 heterocycles. The fraction of sp³-hybridized carbons (Fsp3) is 0.500. The van der Waals surface area contributed by atoms with Crippen LogP contribution in [0.25, 0.3) is 0 Å². The third-order valence-corrected chi connectivity index (χ3v) is 8.35. The molecule has 7 nitrogen and oxygen atoms in total. The number of allylic oxidation sites excluding steroid dienone is 1. The number of fused-ring (bicyclic) bond motifs is 3. The molecule has 34 heavy (non-hydrogen) atoms. The number of thioether (sulfide) groups is 1. The first-order valence-corrected chi connectivity index (χ1v) is 12.9. The Morgan fingerprint density at radius 2 is 2.09 bits per heavy atom. The summed E-state index contributed by atoms with van der Waals surface area (Å²) < 4.78 is 10.6. The summed E-state index contributed by atoms with van der Waals surface area (Å²) in [5.41, 5.74) is 2.94. The number of amides is 1. The van der Waals surface area contributed by atoms with Crippen molar-refractivity contribution in [2.75, 3.05) is 14.2 Å². The van der Waals surface area contributed by atoms with E-state index >= 15 is 0 Å². The van der Waals surface area contributed by atoms with Gasteiger partial charge in [-0.15, -0.1) is 0 Å². The Balaban J connectivity index is 1.45. The molecular weight excluding hydrogens is 450 g/mol. The Labute approximate surface area is 204 Å². The van der Waals surface area contributed by atoms with Crippen molar-refractivity contribution in [2.45, 2.75) is 57.5 Å². The number of aliphatic imine (C=N–C) groups is 1. The number of amidine groups is 1. The van der Waals surface area contributed by atoms with Gasteiger partial charge >= 0.3 is 5.97 Å². The van der Waals surface area contributed by atoms with Crippen LogP contribution in [0.3, 0.4) is 0 Å². The summed E-state index contributed by atoms with van der Waals surface area (Å²) in [5, 5.41) is 6.06. The van der Waals surface area contributed by atoms with Crippen molar-refractivity contribution in [3.05, 3.63) is 52.2 Å². The standard InChI is InChI=1S/C26H31N3O4S/c1-4-20-23(25(31)33-3)24(17-6-5-7-19(12-17)32-2)29-18(14-34-26(29)28-20)13-22(30)27-21-11-15-8-9-16(21)10-15/h5-7,12,14-16,21,24H,4,8-11,13H2,1-3H3,(H,27,30). The second kappa shape index (κ2) is 9.49. The van der Waals surface area contributed by atoms with Gasteiger partial charge in [0.15, 0.2) is 5.17 Å². The van der Waals surface area contributed by atoms with E-state index in [2.05, 4.69) is 5.32 Å². The van der Waals surface area contributed by atoms with Crippen molar-refractivity contribution in [1.82, 2.24) is 10.2 Å². The van der Waals surface area contributed by atoms with Crippen LogP contribution in [0.1, 0.15) is 57.1 Å². The van der Waals surface area contributed by atoms with Gasteiger partial charge in [0, 0.05) is 11.7 Å². The number of nitrogens with zero attached hydrogens (tertiary/aromatic N) is 2. The number of nitrogens with one attached hydrogen (secondary N) is 1. The summed E-state index contributed by atoms with van der Waals surface area (Å²) in [6.45, 7) is 1.98. The largest absolute Gasteiger partial charge is 0.497 e. The first kappa shape index (κ1) is 23.0. The lowest BCUT2D eigenvalue weighted by Gasteiger charge is -2.36. The zero-order valence-electron chi connectivity index (χ0n) is 19.9. The number of esters is 1. The zero-order valence-corrected chi connectivity index (χ0v) is 20.7. The summed E-state index contributed by atoms with van der Waals surface area (Å²) in [6.07, 6.45) is 5.72. The number of carbonyl (C=O) groups excluding carboxylic acids is 2. The molecule has 0 aromatic heterocycles. The number of carbonyl (C=O) groups is 2. The molecule has 0 spiro atoms. The monoisotopic (exact) mass is 481 g/mol. The van der Waals surface area contributed by atoms with Crippen LogP contribution in [-0.2, 0) is 14.3 Å². The average molecular weight is 482 g/mol. The second-order valence-electron chi connectivity index (χ2n) is 9.40. The first-order valence-electron chi connectivity index (χ1n) is 12.0. The Kier molecular flexibility index (Phi) is 6.42.